The molecule has 2 bridgehead atoms. The standard InChI is InChI=1S/C39H46N8O2/c1-25(2)35-24-42-47-37(35)43-39(49-32-21-29-13-14-30(22-32)46(29)5)44-38(47)41-23-28-9-6-7-11-33(28)36-34-15-12-26(19-27(34)16-17-40-36)20-31(48)10-8-18-45(3)4/h6-12,15-17,19,24-25,29-30,32H,13-14,18,20-23H2,1-5H3,(H,41,43,44)/b10-8+. The van der Waals surface area contributed by atoms with Gasteiger partial charge < -0.3 is 19.9 Å². The second kappa shape index (κ2) is 14.1. The smallest absolute Gasteiger partial charge is 0.322 e. The molecule has 2 aromatic carbocycles. The molecule has 5 aromatic rings. The summed E-state index contributed by atoms with van der Waals surface area (Å²) >= 11 is 0. The van der Waals surface area contributed by atoms with Gasteiger partial charge in [0, 0.05) is 67.1 Å². The first-order chi connectivity index (χ1) is 23.7. The number of anilines is 1. The minimum Gasteiger partial charge on any atom is -0.460 e. The van der Waals surface area contributed by atoms with E-state index in [1.54, 1.807) is 10.6 Å². The summed E-state index contributed by atoms with van der Waals surface area (Å²) in [4.78, 5) is 31.7. The summed E-state index contributed by atoms with van der Waals surface area (Å²) in [5.74, 6) is 0.941. The number of nitrogens with one attached hydrogen (secondary N) is 1. The van der Waals surface area contributed by atoms with Crippen molar-refractivity contribution in [2.45, 2.75) is 76.6 Å². The first kappa shape index (κ1) is 32.9. The van der Waals surface area contributed by atoms with Crippen LogP contribution >= 0.6 is 0 Å². The van der Waals surface area contributed by atoms with E-state index in [2.05, 4.69) is 60.5 Å². The minimum absolute atomic E-state index is 0.0930. The lowest BCUT2D eigenvalue weighted by Crippen LogP contribution is -2.44. The number of likely N-dealkylation sites (N-methyl/N-ethyl adjacent to an activating group) is 1. The van der Waals surface area contributed by atoms with E-state index in [4.69, 9.17) is 19.7 Å². The van der Waals surface area contributed by atoms with Crippen LogP contribution in [0.25, 0.3) is 27.7 Å². The Labute approximate surface area is 288 Å². The van der Waals surface area contributed by atoms with Gasteiger partial charge in [0.2, 0.25) is 5.95 Å². The molecule has 10 nitrogen and oxygen atoms in total. The first-order valence-corrected chi connectivity index (χ1v) is 17.4. The predicted octanol–water partition coefficient (Wildman–Crippen LogP) is 6.31. The molecule has 2 aliphatic heterocycles. The van der Waals surface area contributed by atoms with Gasteiger partial charge in [-0.3, -0.25) is 9.78 Å². The molecule has 0 spiro atoms. The van der Waals surface area contributed by atoms with Crippen LogP contribution in [0.3, 0.4) is 0 Å². The summed E-state index contributed by atoms with van der Waals surface area (Å²) in [6.45, 7) is 5.54. The second-order valence-electron chi connectivity index (χ2n) is 14.1. The molecule has 7 rings (SSSR count). The van der Waals surface area contributed by atoms with E-state index in [0.717, 1.165) is 63.8 Å². The van der Waals surface area contributed by atoms with Crippen molar-refractivity contribution in [3.63, 3.8) is 0 Å². The number of ether oxygens (including phenoxy) is 1. The van der Waals surface area contributed by atoms with E-state index in [1.807, 2.05) is 61.7 Å². The lowest BCUT2D eigenvalue weighted by molar-refractivity contribution is -0.114. The Balaban J connectivity index is 1.14. The third-order valence-electron chi connectivity index (χ3n) is 10.0. The molecule has 0 radical (unpaired) electrons. The molecule has 1 N–H and O–H groups in total. The topological polar surface area (TPSA) is 101 Å². The summed E-state index contributed by atoms with van der Waals surface area (Å²) in [6.07, 6.45) is 12.2. The molecule has 2 aliphatic rings. The number of hydrogen-bond donors (Lipinski definition) is 1. The average molecular weight is 659 g/mol. The maximum Gasteiger partial charge on any atom is 0.322 e. The molecule has 10 heteroatoms. The minimum atomic E-state index is 0.0930. The number of aromatic nitrogens is 5. The van der Waals surface area contributed by atoms with Crippen molar-refractivity contribution in [3.8, 4) is 17.3 Å². The quantitative estimate of drug-likeness (QED) is 0.155. The van der Waals surface area contributed by atoms with Gasteiger partial charge in [0.1, 0.15) is 6.10 Å². The van der Waals surface area contributed by atoms with Crippen LogP contribution in [-0.2, 0) is 17.8 Å². The molecule has 5 heterocycles. The molecule has 2 unspecified atom stereocenters. The first-order valence-electron chi connectivity index (χ1n) is 17.4. The van der Waals surface area contributed by atoms with Gasteiger partial charge in [-0.25, -0.2) is 0 Å². The van der Waals surface area contributed by atoms with Crippen molar-refractivity contribution in [1.82, 2.24) is 34.4 Å². The Morgan fingerprint density at radius 1 is 1.08 bits per heavy atom. The second-order valence-corrected chi connectivity index (χ2v) is 14.1. The number of piperidine rings is 1. The molecule has 0 aliphatic carbocycles. The van der Waals surface area contributed by atoms with Crippen molar-refractivity contribution < 1.29 is 9.53 Å². The molecule has 2 saturated heterocycles. The number of hydrogen-bond acceptors (Lipinski definition) is 9. The number of carbonyl (C=O) groups excluding carboxylic acids is 1. The highest BCUT2D eigenvalue weighted by Crippen LogP contribution is 2.36. The average Bonchev–Trinajstić information content (AvgIpc) is 3.58. The number of nitrogens with zero attached hydrogens (tertiary/aromatic N) is 7. The van der Waals surface area contributed by atoms with E-state index in [1.165, 1.54) is 12.8 Å². The van der Waals surface area contributed by atoms with E-state index in [-0.39, 0.29) is 17.8 Å². The summed E-state index contributed by atoms with van der Waals surface area (Å²) < 4.78 is 8.32. The fraction of sp³-hybridized carbons (Fsp3) is 0.410. The zero-order valence-corrected chi connectivity index (χ0v) is 29.1. The number of rotatable bonds is 12. The largest absolute Gasteiger partial charge is 0.460 e. The lowest BCUT2D eigenvalue weighted by Gasteiger charge is -2.35. The fourth-order valence-corrected chi connectivity index (χ4v) is 7.34. The Hall–Kier alpha value is -4.67. The van der Waals surface area contributed by atoms with Crippen molar-refractivity contribution in [2.24, 2.45) is 0 Å². The zero-order chi connectivity index (χ0) is 34.1. The van der Waals surface area contributed by atoms with Gasteiger partial charge >= 0.3 is 6.01 Å². The molecule has 0 amide bonds. The predicted molar refractivity (Wildman–Crippen MR) is 194 cm³/mol. The van der Waals surface area contributed by atoms with Crippen LogP contribution in [0.2, 0.25) is 0 Å². The molecule has 2 atom stereocenters. The zero-order valence-electron chi connectivity index (χ0n) is 29.1. The van der Waals surface area contributed by atoms with E-state index in [0.29, 0.717) is 37.0 Å². The van der Waals surface area contributed by atoms with E-state index < -0.39 is 0 Å². The van der Waals surface area contributed by atoms with Gasteiger partial charge in [-0.2, -0.15) is 19.6 Å². The maximum absolute atomic E-state index is 12.6. The van der Waals surface area contributed by atoms with Crippen LogP contribution in [-0.4, -0.2) is 86.0 Å². The summed E-state index contributed by atoms with van der Waals surface area (Å²) in [5.41, 5.74) is 5.81. The summed E-state index contributed by atoms with van der Waals surface area (Å²) in [5, 5.41) is 10.3. The Kier molecular flexibility index (Phi) is 9.42. The van der Waals surface area contributed by atoms with Crippen molar-refractivity contribution in [3.05, 3.63) is 89.8 Å². The van der Waals surface area contributed by atoms with Gasteiger partial charge in [-0.15, -0.1) is 0 Å². The Bertz CT molecular complexity index is 1990. The lowest BCUT2D eigenvalue weighted by atomic mass is 9.97. The van der Waals surface area contributed by atoms with Gasteiger partial charge in [0.15, 0.2) is 11.4 Å². The highest BCUT2D eigenvalue weighted by Gasteiger charge is 2.39. The molecular formula is C39H46N8O2. The highest BCUT2D eigenvalue weighted by atomic mass is 16.5. The van der Waals surface area contributed by atoms with Crippen molar-refractivity contribution >= 4 is 28.2 Å². The Morgan fingerprint density at radius 3 is 2.65 bits per heavy atom. The molecule has 254 valence electrons. The van der Waals surface area contributed by atoms with Gasteiger partial charge in [-0.05, 0) is 68.6 Å². The number of ketones is 1. The van der Waals surface area contributed by atoms with Crippen molar-refractivity contribution in [1.29, 1.82) is 0 Å². The number of allylic oxidation sites excluding steroid dienone is 1. The molecule has 0 saturated carbocycles. The van der Waals surface area contributed by atoms with Crippen LogP contribution < -0.4 is 10.1 Å². The van der Waals surface area contributed by atoms with Crippen LogP contribution in [0.4, 0.5) is 5.95 Å². The maximum atomic E-state index is 12.6. The van der Waals surface area contributed by atoms with Crippen LogP contribution in [0.5, 0.6) is 6.01 Å². The van der Waals surface area contributed by atoms with Gasteiger partial charge in [0.25, 0.3) is 0 Å². The molecular weight excluding hydrogens is 612 g/mol. The van der Waals surface area contributed by atoms with Crippen LogP contribution in [0, 0.1) is 0 Å². The van der Waals surface area contributed by atoms with Crippen LogP contribution in [0.15, 0.2) is 73.1 Å². The van der Waals surface area contributed by atoms with E-state index in [9.17, 15) is 4.79 Å². The number of pyridine rings is 1. The van der Waals surface area contributed by atoms with Gasteiger partial charge in [-0.1, -0.05) is 62.4 Å². The van der Waals surface area contributed by atoms with Crippen molar-refractivity contribution in [2.75, 3.05) is 33.0 Å². The third kappa shape index (κ3) is 7.07. The van der Waals surface area contributed by atoms with Gasteiger partial charge in [0.05, 0.1) is 11.9 Å². The normalized spacial score (nSPS) is 19.5. The molecule has 2 fully saturated rings. The highest BCUT2D eigenvalue weighted by molar-refractivity contribution is 5.97. The van der Waals surface area contributed by atoms with E-state index >= 15 is 0 Å². The SMILES string of the molecule is CC(C)c1cnn2c(NCc3ccccc3-c3nccc4cc(CC(=O)/C=C/CN(C)C)ccc34)nc(OC3CC4CCC(C3)N4C)nc12. The Morgan fingerprint density at radius 2 is 1.88 bits per heavy atom. The molecule has 49 heavy (non-hydrogen) atoms. The summed E-state index contributed by atoms with van der Waals surface area (Å²) in [7, 11) is 6.21. The third-order valence-corrected chi connectivity index (χ3v) is 10.0. The fourth-order valence-electron chi connectivity index (χ4n) is 7.34. The number of fused-ring (bicyclic) bond motifs is 4. The number of benzene rings is 2. The van der Waals surface area contributed by atoms with Crippen LogP contribution in [0.1, 0.15) is 62.1 Å². The molecule has 3 aromatic heterocycles. The monoisotopic (exact) mass is 658 g/mol. The number of carbonyl (C=O) groups is 1. The summed E-state index contributed by atoms with van der Waals surface area (Å²) in [6, 6.07) is 18.1.